The molecule has 4 rings (SSSR count). The van der Waals surface area contributed by atoms with Gasteiger partial charge in [0, 0.05) is 44.7 Å². The molecule has 6 nitrogen and oxygen atoms in total. The van der Waals surface area contributed by atoms with Gasteiger partial charge in [-0.3, -0.25) is 9.69 Å². The van der Waals surface area contributed by atoms with Gasteiger partial charge in [0.05, 0.1) is 12.5 Å². The summed E-state index contributed by atoms with van der Waals surface area (Å²) < 4.78 is 6.43. The molecular formula is C24H25BrCl2N4O2S. The molecule has 1 N–H and O–H groups in total. The molecule has 2 aromatic carbocycles. The first-order valence-electron chi connectivity index (χ1n) is 11.1. The Morgan fingerprint density at radius 2 is 2.03 bits per heavy atom. The third-order valence-electron chi connectivity index (χ3n) is 5.64. The summed E-state index contributed by atoms with van der Waals surface area (Å²) >= 11 is 17.6. The second-order valence-corrected chi connectivity index (χ2v) is 11.0. The van der Waals surface area contributed by atoms with Crippen molar-refractivity contribution < 1.29 is 9.32 Å². The van der Waals surface area contributed by atoms with Crippen LogP contribution in [0.5, 0.6) is 0 Å². The molecule has 34 heavy (non-hydrogen) atoms. The third-order valence-corrected chi connectivity index (χ3v) is 7.83. The molecule has 10 heteroatoms. The van der Waals surface area contributed by atoms with Gasteiger partial charge >= 0.3 is 0 Å². The number of nitrogens with zero attached hydrogens (tertiary/aromatic N) is 3. The number of hydrogen-bond donors (Lipinski definition) is 1. The Labute approximate surface area is 221 Å². The minimum Gasteiger partial charge on any atom is -0.355 e. The average molecular weight is 584 g/mol. The molecule has 1 aliphatic heterocycles. The van der Waals surface area contributed by atoms with Crippen LogP contribution in [0, 0.1) is 5.92 Å². The minimum atomic E-state index is -0.0377. The largest absolute Gasteiger partial charge is 0.355 e. The fraction of sp³-hybridized carbons (Fsp3) is 0.375. The first-order chi connectivity index (χ1) is 16.5. The normalized spacial score (nSPS) is 16.5. The van der Waals surface area contributed by atoms with Gasteiger partial charge in [-0.05, 0) is 49.2 Å². The fourth-order valence-corrected chi connectivity index (χ4v) is 5.90. The van der Waals surface area contributed by atoms with Gasteiger partial charge in [0.15, 0.2) is 0 Å². The van der Waals surface area contributed by atoms with Crippen LogP contribution >= 0.6 is 50.9 Å². The van der Waals surface area contributed by atoms with Crippen molar-refractivity contribution in [3.63, 3.8) is 0 Å². The summed E-state index contributed by atoms with van der Waals surface area (Å²) in [5.41, 5.74) is 1.84. The van der Waals surface area contributed by atoms with Crippen LogP contribution in [0.1, 0.15) is 24.3 Å². The summed E-state index contributed by atoms with van der Waals surface area (Å²) in [6.45, 7) is 2.75. The molecule has 3 aromatic rings. The van der Waals surface area contributed by atoms with E-state index in [1.54, 1.807) is 11.8 Å². The van der Waals surface area contributed by atoms with E-state index in [2.05, 4.69) is 36.3 Å². The second-order valence-electron chi connectivity index (χ2n) is 8.14. The van der Waals surface area contributed by atoms with Crippen LogP contribution in [0.25, 0.3) is 11.4 Å². The Balaban J connectivity index is 1.21. The Morgan fingerprint density at radius 1 is 1.24 bits per heavy atom. The number of likely N-dealkylation sites (tertiary alicyclic amines) is 1. The Bertz CT molecular complexity index is 1110. The van der Waals surface area contributed by atoms with Crippen molar-refractivity contribution in [2.45, 2.75) is 25.1 Å². The molecule has 1 atom stereocenters. The second kappa shape index (κ2) is 12.4. The number of benzene rings is 2. The first kappa shape index (κ1) is 25.5. The van der Waals surface area contributed by atoms with Crippen LogP contribution in [0.15, 0.2) is 51.5 Å². The molecule has 1 aromatic heterocycles. The molecule has 1 fully saturated rings. The van der Waals surface area contributed by atoms with Crippen molar-refractivity contribution in [3.05, 3.63) is 68.4 Å². The minimum absolute atomic E-state index is 0.0377. The molecule has 0 spiro atoms. The maximum absolute atomic E-state index is 12.7. The molecule has 1 saturated heterocycles. The molecule has 2 heterocycles. The van der Waals surface area contributed by atoms with E-state index >= 15 is 0 Å². The number of halogens is 3. The highest BCUT2D eigenvalue weighted by Gasteiger charge is 2.26. The van der Waals surface area contributed by atoms with Crippen molar-refractivity contribution >= 4 is 56.8 Å². The van der Waals surface area contributed by atoms with Gasteiger partial charge in [-0.1, -0.05) is 62.5 Å². The highest BCUT2D eigenvalue weighted by atomic mass is 79.9. The molecule has 180 valence electrons. The molecule has 0 aliphatic carbocycles. The van der Waals surface area contributed by atoms with E-state index in [1.807, 2.05) is 42.5 Å². The monoisotopic (exact) mass is 582 g/mol. The van der Waals surface area contributed by atoms with Gasteiger partial charge in [-0.25, -0.2) is 0 Å². The SMILES string of the molecule is O=C(NCCSCc1c(Cl)cccc1Cl)C1CCCN(Cc2nc(-c3cccc(Br)c3)no2)C1. The average Bonchev–Trinajstić information content (AvgIpc) is 3.29. The lowest BCUT2D eigenvalue weighted by molar-refractivity contribution is -0.126. The van der Waals surface area contributed by atoms with E-state index in [0.29, 0.717) is 41.4 Å². The predicted molar refractivity (Wildman–Crippen MR) is 141 cm³/mol. The van der Waals surface area contributed by atoms with Crippen LogP contribution in [-0.2, 0) is 17.1 Å². The maximum Gasteiger partial charge on any atom is 0.241 e. The van der Waals surface area contributed by atoms with Crippen LogP contribution < -0.4 is 5.32 Å². The van der Waals surface area contributed by atoms with Gasteiger partial charge in [0.1, 0.15) is 0 Å². The topological polar surface area (TPSA) is 71.3 Å². The fourth-order valence-electron chi connectivity index (χ4n) is 3.90. The van der Waals surface area contributed by atoms with E-state index in [4.69, 9.17) is 27.7 Å². The summed E-state index contributed by atoms with van der Waals surface area (Å²) in [6, 6.07) is 13.3. The number of amides is 1. The third kappa shape index (κ3) is 6.98. The summed E-state index contributed by atoms with van der Waals surface area (Å²) in [5, 5.41) is 8.54. The molecule has 0 bridgehead atoms. The highest BCUT2D eigenvalue weighted by molar-refractivity contribution is 9.10. The van der Waals surface area contributed by atoms with Crippen LogP contribution in [0.4, 0.5) is 0 Å². The van der Waals surface area contributed by atoms with Crippen molar-refractivity contribution in [2.75, 3.05) is 25.4 Å². The lowest BCUT2D eigenvalue weighted by atomic mass is 9.97. The number of hydrogen-bond acceptors (Lipinski definition) is 6. The van der Waals surface area contributed by atoms with Crippen LogP contribution in [0.3, 0.4) is 0 Å². The lowest BCUT2D eigenvalue weighted by Gasteiger charge is -2.30. The lowest BCUT2D eigenvalue weighted by Crippen LogP contribution is -2.43. The summed E-state index contributed by atoms with van der Waals surface area (Å²) in [4.78, 5) is 19.5. The highest BCUT2D eigenvalue weighted by Crippen LogP contribution is 2.28. The maximum atomic E-state index is 12.7. The summed E-state index contributed by atoms with van der Waals surface area (Å²) in [5.74, 6) is 2.71. The van der Waals surface area contributed by atoms with Crippen LogP contribution in [-0.4, -0.2) is 46.3 Å². The van der Waals surface area contributed by atoms with E-state index in [1.165, 1.54) is 0 Å². The zero-order valence-corrected chi connectivity index (χ0v) is 22.4. The number of thioether (sulfide) groups is 1. The molecule has 0 saturated carbocycles. The van der Waals surface area contributed by atoms with E-state index in [9.17, 15) is 4.79 Å². The van der Waals surface area contributed by atoms with E-state index in [0.717, 1.165) is 46.5 Å². The van der Waals surface area contributed by atoms with Crippen molar-refractivity contribution in [3.8, 4) is 11.4 Å². The molecular weight excluding hydrogens is 559 g/mol. The van der Waals surface area contributed by atoms with E-state index < -0.39 is 0 Å². The molecule has 1 unspecified atom stereocenters. The van der Waals surface area contributed by atoms with Crippen molar-refractivity contribution in [2.24, 2.45) is 5.92 Å². The van der Waals surface area contributed by atoms with E-state index in [-0.39, 0.29) is 11.8 Å². The summed E-state index contributed by atoms with van der Waals surface area (Å²) in [7, 11) is 0. The Morgan fingerprint density at radius 3 is 2.82 bits per heavy atom. The Kier molecular flexibility index (Phi) is 9.31. The number of carbonyl (C=O) groups is 1. The van der Waals surface area contributed by atoms with Crippen molar-refractivity contribution in [1.82, 2.24) is 20.4 Å². The molecule has 1 aliphatic rings. The number of piperidine rings is 1. The van der Waals surface area contributed by atoms with Gasteiger partial charge in [-0.15, -0.1) is 0 Å². The summed E-state index contributed by atoms with van der Waals surface area (Å²) in [6.07, 6.45) is 1.85. The van der Waals surface area contributed by atoms with Crippen molar-refractivity contribution in [1.29, 1.82) is 0 Å². The molecule has 0 radical (unpaired) electrons. The van der Waals surface area contributed by atoms with Gasteiger partial charge < -0.3 is 9.84 Å². The van der Waals surface area contributed by atoms with Crippen LogP contribution in [0.2, 0.25) is 10.0 Å². The zero-order valence-electron chi connectivity index (χ0n) is 18.5. The van der Waals surface area contributed by atoms with Gasteiger partial charge in [0.25, 0.3) is 0 Å². The predicted octanol–water partition coefficient (Wildman–Crippen LogP) is 6.07. The van der Waals surface area contributed by atoms with Gasteiger partial charge in [0.2, 0.25) is 17.6 Å². The number of nitrogens with one attached hydrogen (secondary N) is 1. The number of carbonyl (C=O) groups excluding carboxylic acids is 1. The number of aromatic nitrogens is 2. The van der Waals surface area contributed by atoms with Gasteiger partial charge in [-0.2, -0.15) is 16.7 Å². The number of rotatable bonds is 9. The quantitative estimate of drug-likeness (QED) is 0.308. The molecule has 1 amide bonds. The standard InChI is InChI=1S/C24H25BrCl2N4O2S/c25-18-6-1-4-16(12-18)23-29-22(33-30-23)14-31-10-3-5-17(13-31)24(32)28-9-11-34-15-19-20(26)7-2-8-21(19)27/h1-2,4,6-8,12,17H,3,5,9-11,13-15H2,(H,28,32). The zero-order chi connectivity index (χ0) is 23.9. The Hall–Kier alpha value is -1.58. The smallest absolute Gasteiger partial charge is 0.241 e. The first-order valence-corrected chi connectivity index (χ1v) is 13.8.